The molecule has 0 amide bonds. The Bertz CT molecular complexity index is 290. The Labute approximate surface area is 104 Å². The van der Waals surface area contributed by atoms with E-state index in [9.17, 15) is 0 Å². The van der Waals surface area contributed by atoms with E-state index in [0.29, 0.717) is 6.54 Å². The van der Waals surface area contributed by atoms with Crippen LogP contribution in [0.5, 0.6) is 0 Å². The minimum absolute atomic E-state index is 0.0443. The molecule has 1 aromatic rings. The molecule has 2 N–H and O–H groups in total. The van der Waals surface area contributed by atoms with Gasteiger partial charge in [0.2, 0.25) is 0 Å². The number of rotatable bonds is 6. The Hall–Kier alpha value is 0.1000. The van der Waals surface area contributed by atoms with E-state index in [-0.39, 0.29) is 12.2 Å². The molecule has 86 valence electrons. The molecule has 0 aromatic carbocycles. The monoisotopic (exact) mass is 291 g/mol. The first kappa shape index (κ1) is 13.2. The largest absolute Gasteiger partial charge is 0.368 e. The van der Waals surface area contributed by atoms with Crippen LogP contribution in [0.3, 0.4) is 0 Å². The summed E-state index contributed by atoms with van der Waals surface area (Å²) in [4.78, 5) is 1.20. The van der Waals surface area contributed by atoms with Crippen molar-refractivity contribution in [1.29, 1.82) is 0 Å². The molecule has 1 rings (SSSR count). The van der Waals surface area contributed by atoms with Crippen molar-refractivity contribution in [2.75, 3.05) is 6.54 Å². The van der Waals surface area contributed by atoms with Crippen LogP contribution in [0.2, 0.25) is 0 Å². The maximum Gasteiger partial charge on any atom is 0.104 e. The van der Waals surface area contributed by atoms with Gasteiger partial charge in [0.05, 0.1) is 6.10 Å². The van der Waals surface area contributed by atoms with Gasteiger partial charge in [0, 0.05) is 21.3 Å². The molecule has 15 heavy (non-hydrogen) atoms. The van der Waals surface area contributed by atoms with Crippen LogP contribution in [-0.2, 0) is 4.74 Å². The third-order valence-corrected chi connectivity index (χ3v) is 4.00. The molecule has 2 nitrogen and oxygen atoms in total. The van der Waals surface area contributed by atoms with E-state index in [4.69, 9.17) is 10.5 Å². The summed E-state index contributed by atoms with van der Waals surface area (Å²) in [5.41, 5.74) is 5.72. The van der Waals surface area contributed by atoms with Crippen molar-refractivity contribution in [3.8, 4) is 0 Å². The molecule has 0 spiro atoms. The minimum atomic E-state index is 0.0443. The second-order valence-electron chi connectivity index (χ2n) is 3.63. The summed E-state index contributed by atoms with van der Waals surface area (Å²) in [5, 5.41) is 2.06. The predicted molar refractivity (Wildman–Crippen MR) is 69.3 cm³/mol. The molecule has 0 saturated carbocycles. The van der Waals surface area contributed by atoms with Crippen LogP contribution in [0, 0.1) is 0 Å². The van der Waals surface area contributed by atoms with Gasteiger partial charge in [-0.3, -0.25) is 0 Å². The molecular weight excluding hydrogens is 274 g/mol. The summed E-state index contributed by atoms with van der Waals surface area (Å²) in [6, 6.07) is 2.08. The van der Waals surface area contributed by atoms with Gasteiger partial charge in [-0.25, -0.2) is 0 Å². The Kier molecular flexibility index (Phi) is 5.82. The summed E-state index contributed by atoms with van der Waals surface area (Å²) in [6.45, 7) is 4.81. The normalized spacial score (nSPS) is 15.2. The van der Waals surface area contributed by atoms with E-state index in [1.54, 1.807) is 11.3 Å². The molecule has 1 aromatic heterocycles. The maximum absolute atomic E-state index is 5.90. The second-order valence-corrected chi connectivity index (χ2v) is 5.49. The highest BCUT2D eigenvalue weighted by Crippen LogP contribution is 2.28. The van der Waals surface area contributed by atoms with Gasteiger partial charge in [-0.15, -0.1) is 11.3 Å². The average molecular weight is 292 g/mol. The Morgan fingerprint density at radius 3 is 2.80 bits per heavy atom. The fraction of sp³-hybridized carbons (Fsp3) is 0.636. The van der Waals surface area contributed by atoms with Gasteiger partial charge >= 0.3 is 0 Å². The Morgan fingerprint density at radius 2 is 2.33 bits per heavy atom. The molecule has 4 heteroatoms. The van der Waals surface area contributed by atoms with Gasteiger partial charge in [-0.2, -0.15) is 0 Å². The molecule has 0 saturated heterocycles. The summed E-state index contributed by atoms with van der Waals surface area (Å²) < 4.78 is 7.01. The topological polar surface area (TPSA) is 35.2 Å². The van der Waals surface area contributed by atoms with E-state index in [1.807, 2.05) is 0 Å². The number of nitrogens with two attached hydrogens (primary N) is 1. The molecule has 1 heterocycles. The van der Waals surface area contributed by atoms with Crippen LogP contribution in [0.15, 0.2) is 15.9 Å². The lowest BCUT2D eigenvalue weighted by Crippen LogP contribution is -2.20. The molecule has 2 atom stereocenters. The van der Waals surface area contributed by atoms with E-state index >= 15 is 0 Å². The Morgan fingerprint density at radius 1 is 1.60 bits per heavy atom. The van der Waals surface area contributed by atoms with Crippen LogP contribution >= 0.6 is 27.3 Å². The molecule has 2 unspecified atom stereocenters. The third-order valence-electron chi connectivity index (χ3n) is 2.21. The number of ether oxygens (including phenoxy) is 1. The maximum atomic E-state index is 5.90. The van der Waals surface area contributed by atoms with Crippen LogP contribution in [-0.4, -0.2) is 12.6 Å². The fourth-order valence-electron chi connectivity index (χ4n) is 1.49. The smallest absolute Gasteiger partial charge is 0.104 e. The summed E-state index contributed by atoms with van der Waals surface area (Å²) in [5.74, 6) is 0. The molecule has 0 aliphatic carbocycles. The van der Waals surface area contributed by atoms with Crippen molar-refractivity contribution in [1.82, 2.24) is 0 Å². The Balaban J connectivity index is 2.56. The fourth-order valence-corrected chi connectivity index (χ4v) is 2.98. The average Bonchev–Trinajstić information content (AvgIpc) is 2.61. The summed E-state index contributed by atoms with van der Waals surface area (Å²) in [7, 11) is 0. The van der Waals surface area contributed by atoms with Crippen LogP contribution in [0.1, 0.15) is 37.7 Å². The SMILES string of the molecule is CCCC(C)OC(CN)c1cc(Br)cs1. The van der Waals surface area contributed by atoms with Crippen molar-refractivity contribution in [3.63, 3.8) is 0 Å². The van der Waals surface area contributed by atoms with E-state index < -0.39 is 0 Å². The minimum Gasteiger partial charge on any atom is -0.368 e. The molecule has 0 aliphatic rings. The van der Waals surface area contributed by atoms with E-state index in [1.165, 1.54) is 4.88 Å². The molecule has 0 radical (unpaired) electrons. The van der Waals surface area contributed by atoms with Crippen molar-refractivity contribution in [2.24, 2.45) is 5.73 Å². The zero-order valence-electron chi connectivity index (χ0n) is 9.20. The first-order chi connectivity index (χ1) is 7.17. The number of hydrogen-bond acceptors (Lipinski definition) is 3. The molecule has 0 bridgehead atoms. The lowest BCUT2D eigenvalue weighted by atomic mass is 10.2. The van der Waals surface area contributed by atoms with Crippen LogP contribution in [0.4, 0.5) is 0 Å². The van der Waals surface area contributed by atoms with E-state index in [2.05, 4.69) is 41.2 Å². The lowest BCUT2D eigenvalue weighted by Gasteiger charge is -2.19. The first-order valence-corrected chi connectivity index (χ1v) is 6.94. The molecular formula is C11H18BrNOS. The van der Waals surface area contributed by atoms with Gasteiger partial charge in [0.1, 0.15) is 6.10 Å². The first-order valence-electron chi connectivity index (χ1n) is 5.26. The van der Waals surface area contributed by atoms with Gasteiger partial charge in [0.25, 0.3) is 0 Å². The number of hydrogen-bond donors (Lipinski definition) is 1. The highest BCUT2D eigenvalue weighted by atomic mass is 79.9. The zero-order chi connectivity index (χ0) is 11.3. The number of thiophene rings is 1. The zero-order valence-corrected chi connectivity index (χ0v) is 11.6. The van der Waals surface area contributed by atoms with Crippen LogP contribution < -0.4 is 5.73 Å². The van der Waals surface area contributed by atoms with Crippen molar-refractivity contribution in [2.45, 2.75) is 38.9 Å². The van der Waals surface area contributed by atoms with Crippen LogP contribution in [0.25, 0.3) is 0 Å². The summed E-state index contributed by atoms with van der Waals surface area (Å²) >= 11 is 5.13. The quantitative estimate of drug-likeness (QED) is 0.867. The number of halogens is 1. The lowest BCUT2D eigenvalue weighted by molar-refractivity contribution is -0.000955. The van der Waals surface area contributed by atoms with Gasteiger partial charge in [-0.05, 0) is 35.3 Å². The van der Waals surface area contributed by atoms with Gasteiger partial charge in [-0.1, -0.05) is 13.3 Å². The van der Waals surface area contributed by atoms with Crippen molar-refractivity contribution >= 4 is 27.3 Å². The second kappa shape index (κ2) is 6.63. The van der Waals surface area contributed by atoms with Gasteiger partial charge < -0.3 is 10.5 Å². The van der Waals surface area contributed by atoms with E-state index in [0.717, 1.165) is 17.3 Å². The van der Waals surface area contributed by atoms with Crippen molar-refractivity contribution < 1.29 is 4.74 Å². The molecule has 0 fully saturated rings. The highest BCUT2D eigenvalue weighted by Gasteiger charge is 2.15. The van der Waals surface area contributed by atoms with Gasteiger partial charge in [0.15, 0.2) is 0 Å². The third kappa shape index (κ3) is 4.23. The summed E-state index contributed by atoms with van der Waals surface area (Å²) in [6.07, 6.45) is 2.56. The standard InChI is InChI=1S/C11H18BrNOS/c1-3-4-8(2)14-10(6-13)11-5-9(12)7-15-11/h5,7-8,10H,3-4,6,13H2,1-2H3. The predicted octanol–water partition coefficient (Wildman–Crippen LogP) is 3.72. The highest BCUT2D eigenvalue weighted by molar-refractivity contribution is 9.10. The van der Waals surface area contributed by atoms with Crippen molar-refractivity contribution in [3.05, 3.63) is 20.8 Å². The molecule has 0 aliphatic heterocycles.